The van der Waals surface area contributed by atoms with Crippen LogP contribution in [0.2, 0.25) is 0 Å². The molecule has 6 heteroatoms. The van der Waals surface area contributed by atoms with Crippen molar-refractivity contribution < 1.29 is 17.8 Å². The lowest BCUT2D eigenvalue weighted by Gasteiger charge is -2.15. The van der Waals surface area contributed by atoms with Gasteiger partial charge in [0.05, 0.1) is 0 Å². The van der Waals surface area contributed by atoms with Crippen molar-refractivity contribution in [3.8, 4) is 0 Å². The Morgan fingerprint density at radius 1 is 1.43 bits per heavy atom. The zero-order valence-electron chi connectivity index (χ0n) is 8.44. The number of hydrogen-bond donors (Lipinski definition) is 2. The van der Waals surface area contributed by atoms with Crippen LogP contribution < -0.4 is 5.73 Å². The lowest BCUT2D eigenvalue weighted by molar-refractivity contribution is -0.114. The van der Waals surface area contributed by atoms with Gasteiger partial charge in [-0.2, -0.15) is 8.42 Å². The van der Waals surface area contributed by atoms with Crippen molar-refractivity contribution in [1.29, 1.82) is 0 Å². The van der Waals surface area contributed by atoms with E-state index < -0.39 is 20.9 Å². The number of primary amides is 1. The lowest BCUT2D eigenvalue weighted by Crippen LogP contribution is -2.21. The van der Waals surface area contributed by atoms with E-state index in [1.165, 1.54) is 0 Å². The number of amides is 1. The molecule has 0 aromatic carbocycles. The summed E-state index contributed by atoms with van der Waals surface area (Å²) in [5.41, 5.74) is 4.63. The lowest BCUT2D eigenvalue weighted by atomic mass is 9.92. The number of hydrogen-bond acceptors (Lipinski definition) is 3. The van der Waals surface area contributed by atoms with E-state index >= 15 is 0 Å². The molecule has 0 atom stereocenters. The SMILES string of the molecule is CC(C)(C)C/C=C(\C(N)=O)S(=O)(=O)O. The third kappa shape index (κ3) is 4.98. The highest BCUT2D eigenvalue weighted by molar-refractivity contribution is 7.90. The molecule has 1 amide bonds. The van der Waals surface area contributed by atoms with Crippen molar-refractivity contribution in [1.82, 2.24) is 0 Å². The monoisotopic (exact) mass is 221 g/mol. The minimum absolute atomic E-state index is 0.175. The maximum absolute atomic E-state index is 10.7. The molecule has 0 aromatic heterocycles. The maximum Gasteiger partial charge on any atom is 0.299 e. The zero-order valence-corrected chi connectivity index (χ0v) is 9.26. The quantitative estimate of drug-likeness (QED) is 0.541. The van der Waals surface area contributed by atoms with Crippen LogP contribution in [0.4, 0.5) is 0 Å². The van der Waals surface area contributed by atoms with Crippen LogP contribution in [0, 0.1) is 5.41 Å². The number of rotatable bonds is 3. The molecule has 0 rings (SSSR count). The van der Waals surface area contributed by atoms with E-state index in [-0.39, 0.29) is 5.41 Å². The summed E-state index contributed by atoms with van der Waals surface area (Å²) in [7, 11) is -4.50. The summed E-state index contributed by atoms with van der Waals surface area (Å²) in [6.45, 7) is 5.60. The highest BCUT2D eigenvalue weighted by atomic mass is 32.2. The Balaban J connectivity index is 4.98. The first kappa shape index (κ1) is 13.1. The molecule has 0 aliphatic rings. The van der Waals surface area contributed by atoms with Gasteiger partial charge < -0.3 is 5.73 Å². The first-order valence-electron chi connectivity index (χ1n) is 4.01. The molecule has 0 radical (unpaired) electrons. The third-order valence-corrected chi connectivity index (χ3v) is 2.34. The first-order valence-corrected chi connectivity index (χ1v) is 5.45. The number of carbonyl (C=O) groups is 1. The average molecular weight is 221 g/mol. The topological polar surface area (TPSA) is 97.5 Å². The van der Waals surface area contributed by atoms with Crippen LogP contribution in [0.15, 0.2) is 11.0 Å². The van der Waals surface area contributed by atoms with E-state index in [1.54, 1.807) is 0 Å². The van der Waals surface area contributed by atoms with E-state index in [0.717, 1.165) is 6.08 Å². The van der Waals surface area contributed by atoms with Gasteiger partial charge in [-0.3, -0.25) is 9.35 Å². The Bertz CT molecular complexity index is 348. The third-order valence-electron chi connectivity index (χ3n) is 1.42. The molecule has 0 heterocycles. The van der Waals surface area contributed by atoms with Gasteiger partial charge in [0, 0.05) is 0 Å². The molecule has 0 bridgehead atoms. The summed E-state index contributed by atoms with van der Waals surface area (Å²) in [5.74, 6) is -1.14. The summed E-state index contributed by atoms with van der Waals surface area (Å²) in [5, 5.41) is 0. The summed E-state index contributed by atoms with van der Waals surface area (Å²) in [4.78, 5) is 9.93. The van der Waals surface area contributed by atoms with Crippen LogP contribution in [0.5, 0.6) is 0 Å². The number of allylic oxidation sites excluding steroid dienone is 1. The Morgan fingerprint density at radius 3 is 2.07 bits per heavy atom. The molecular formula is C8H15NO4S. The van der Waals surface area contributed by atoms with Crippen LogP contribution in [0.3, 0.4) is 0 Å². The van der Waals surface area contributed by atoms with Gasteiger partial charge in [-0.25, -0.2) is 0 Å². The summed E-state index contributed by atoms with van der Waals surface area (Å²) < 4.78 is 30.0. The normalized spacial score (nSPS) is 14.1. The van der Waals surface area contributed by atoms with Crippen LogP contribution in [0.25, 0.3) is 0 Å². The zero-order chi connectivity index (χ0) is 11.6. The molecule has 3 N–H and O–H groups in total. The molecule has 0 fully saturated rings. The van der Waals surface area contributed by atoms with Crippen LogP contribution in [-0.2, 0) is 14.9 Å². The molecule has 0 unspecified atom stereocenters. The van der Waals surface area contributed by atoms with E-state index in [0.29, 0.717) is 6.42 Å². The van der Waals surface area contributed by atoms with Gasteiger partial charge in [0.25, 0.3) is 16.0 Å². The number of nitrogens with two attached hydrogens (primary N) is 1. The molecule has 0 aliphatic heterocycles. The smallest absolute Gasteiger partial charge is 0.299 e. The summed E-state index contributed by atoms with van der Waals surface area (Å²) >= 11 is 0. The first-order chi connectivity index (χ1) is 6.04. The standard InChI is InChI=1S/C8H15NO4S/c1-8(2,3)5-4-6(7(9)10)14(11,12)13/h4H,5H2,1-3H3,(H2,9,10)(H,11,12,13)/b6-4+. The van der Waals surface area contributed by atoms with Crippen molar-refractivity contribution in [2.45, 2.75) is 27.2 Å². The number of carbonyl (C=O) groups excluding carboxylic acids is 1. The molecular weight excluding hydrogens is 206 g/mol. The molecule has 0 saturated heterocycles. The summed E-state index contributed by atoms with van der Waals surface area (Å²) in [6.07, 6.45) is 1.47. The molecule has 0 aromatic rings. The fraction of sp³-hybridized carbons (Fsp3) is 0.625. The molecule has 5 nitrogen and oxygen atoms in total. The highest BCUT2D eigenvalue weighted by Gasteiger charge is 2.20. The molecule has 0 aliphatic carbocycles. The minimum Gasteiger partial charge on any atom is -0.365 e. The summed E-state index contributed by atoms with van der Waals surface area (Å²) in [6, 6.07) is 0. The van der Waals surface area contributed by atoms with Crippen molar-refractivity contribution in [2.75, 3.05) is 0 Å². The average Bonchev–Trinajstić information content (AvgIpc) is 1.79. The van der Waals surface area contributed by atoms with Gasteiger partial charge in [0.2, 0.25) is 0 Å². The van der Waals surface area contributed by atoms with E-state index in [4.69, 9.17) is 10.3 Å². The van der Waals surface area contributed by atoms with Gasteiger partial charge in [0.1, 0.15) is 0 Å². The Morgan fingerprint density at radius 2 is 1.86 bits per heavy atom. The second-order valence-corrected chi connectivity index (χ2v) is 5.56. The minimum atomic E-state index is -4.50. The predicted octanol–water partition coefficient (Wildman–Crippen LogP) is 0.680. The predicted molar refractivity (Wildman–Crippen MR) is 52.9 cm³/mol. The van der Waals surface area contributed by atoms with Crippen molar-refractivity contribution in [3.63, 3.8) is 0 Å². The van der Waals surface area contributed by atoms with Crippen molar-refractivity contribution in [3.05, 3.63) is 11.0 Å². The molecule has 82 valence electrons. The molecule has 14 heavy (non-hydrogen) atoms. The van der Waals surface area contributed by atoms with Crippen LogP contribution in [0.1, 0.15) is 27.2 Å². The van der Waals surface area contributed by atoms with Gasteiger partial charge in [-0.05, 0) is 11.8 Å². The van der Waals surface area contributed by atoms with E-state index in [9.17, 15) is 13.2 Å². The second kappa shape index (κ2) is 4.10. The highest BCUT2D eigenvalue weighted by Crippen LogP contribution is 2.20. The fourth-order valence-corrected chi connectivity index (χ4v) is 1.28. The van der Waals surface area contributed by atoms with Crippen LogP contribution >= 0.6 is 0 Å². The van der Waals surface area contributed by atoms with Gasteiger partial charge in [-0.15, -0.1) is 0 Å². The van der Waals surface area contributed by atoms with Crippen LogP contribution in [-0.4, -0.2) is 18.9 Å². The van der Waals surface area contributed by atoms with Gasteiger partial charge >= 0.3 is 0 Å². The van der Waals surface area contributed by atoms with Gasteiger partial charge in [0.15, 0.2) is 4.91 Å². The maximum atomic E-state index is 10.7. The molecule has 0 spiro atoms. The van der Waals surface area contributed by atoms with Gasteiger partial charge in [-0.1, -0.05) is 26.8 Å². The Labute approximate surface area is 83.7 Å². The second-order valence-electron chi connectivity index (χ2n) is 4.17. The van der Waals surface area contributed by atoms with Crippen molar-refractivity contribution in [2.24, 2.45) is 11.1 Å². The fourth-order valence-electron chi connectivity index (χ4n) is 0.732. The largest absolute Gasteiger partial charge is 0.365 e. The Kier molecular flexibility index (Phi) is 3.84. The molecule has 0 saturated carbocycles. The Hall–Kier alpha value is -0.880. The van der Waals surface area contributed by atoms with E-state index in [1.807, 2.05) is 20.8 Å². The van der Waals surface area contributed by atoms with Crippen molar-refractivity contribution >= 4 is 16.0 Å². The van der Waals surface area contributed by atoms with E-state index in [2.05, 4.69) is 0 Å².